The second-order valence-electron chi connectivity index (χ2n) is 3.92. The third kappa shape index (κ3) is 2.79. The van der Waals surface area contributed by atoms with E-state index in [4.69, 9.17) is 15.1 Å². The maximum Gasteiger partial charge on any atom is 0.342 e. The molecule has 0 amide bonds. The van der Waals surface area contributed by atoms with Crippen LogP contribution in [-0.4, -0.2) is 16.0 Å². The summed E-state index contributed by atoms with van der Waals surface area (Å²) in [4.78, 5) is 21.3. The molecule has 0 aliphatic carbocycles. The number of benzene rings is 2. The largest absolute Gasteiger partial charge is 0.477 e. The molecule has 0 spiro atoms. The Bertz CT molecular complexity index is 764. The first-order chi connectivity index (χ1) is 10.0. The number of aromatic carboxylic acids is 1. The molecule has 0 unspecified atom stereocenters. The minimum absolute atomic E-state index is 0.116. The Labute approximate surface area is 118 Å². The van der Waals surface area contributed by atoms with Crippen LogP contribution >= 0.6 is 0 Å². The molecule has 0 heterocycles. The fourth-order valence-corrected chi connectivity index (χ4v) is 1.73. The summed E-state index contributed by atoms with van der Waals surface area (Å²) in [6, 6.07) is 11.8. The number of nitrogens with zero attached hydrogens (tertiary/aromatic N) is 2. The van der Waals surface area contributed by atoms with Crippen LogP contribution in [0, 0.1) is 21.4 Å². The van der Waals surface area contributed by atoms with Gasteiger partial charge in [0.05, 0.1) is 10.5 Å². The number of rotatable bonds is 4. The van der Waals surface area contributed by atoms with E-state index in [1.165, 1.54) is 24.3 Å². The van der Waals surface area contributed by atoms with Crippen molar-refractivity contribution in [3.05, 3.63) is 63.7 Å². The Hall–Kier alpha value is -3.40. The number of carboxylic acid groups (broad SMARTS) is 1. The number of nitro benzene ring substituents is 1. The summed E-state index contributed by atoms with van der Waals surface area (Å²) in [5.74, 6) is -1.55. The van der Waals surface area contributed by atoms with Gasteiger partial charge in [-0.05, 0) is 24.3 Å². The number of para-hydroxylation sites is 2. The molecule has 0 atom stereocenters. The zero-order valence-electron chi connectivity index (χ0n) is 10.5. The zero-order valence-corrected chi connectivity index (χ0v) is 10.5. The molecule has 0 saturated carbocycles. The molecule has 2 rings (SSSR count). The van der Waals surface area contributed by atoms with Crippen molar-refractivity contribution in [2.45, 2.75) is 0 Å². The summed E-state index contributed by atoms with van der Waals surface area (Å²) < 4.78 is 5.36. The molecule has 7 nitrogen and oxygen atoms in total. The number of carbonyl (C=O) groups is 1. The van der Waals surface area contributed by atoms with Crippen LogP contribution in [0.15, 0.2) is 42.5 Å². The van der Waals surface area contributed by atoms with Crippen molar-refractivity contribution in [1.29, 1.82) is 5.26 Å². The first kappa shape index (κ1) is 14.0. The molecule has 0 saturated heterocycles. The lowest BCUT2D eigenvalue weighted by Gasteiger charge is -2.08. The Kier molecular flexibility index (Phi) is 3.81. The highest BCUT2D eigenvalue weighted by Gasteiger charge is 2.26. The normalized spacial score (nSPS) is 9.67. The van der Waals surface area contributed by atoms with Crippen molar-refractivity contribution in [3.8, 4) is 17.6 Å². The SMILES string of the molecule is N#Cc1ccccc1Oc1cccc(C(=O)O)c1[N+](=O)[O-]. The Morgan fingerprint density at radius 1 is 1.19 bits per heavy atom. The molecule has 21 heavy (non-hydrogen) atoms. The van der Waals surface area contributed by atoms with Gasteiger partial charge in [0, 0.05) is 0 Å². The van der Waals surface area contributed by atoms with Gasteiger partial charge < -0.3 is 9.84 Å². The van der Waals surface area contributed by atoms with Gasteiger partial charge in [-0.25, -0.2) is 4.79 Å². The summed E-state index contributed by atoms with van der Waals surface area (Å²) >= 11 is 0. The number of hydrogen-bond acceptors (Lipinski definition) is 5. The van der Waals surface area contributed by atoms with Crippen LogP contribution in [0.2, 0.25) is 0 Å². The second kappa shape index (κ2) is 5.71. The maximum atomic E-state index is 11.1. The lowest BCUT2D eigenvalue weighted by atomic mass is 10.1. The minimum Gasteiger partial charge on any atom is -0.477 e. The number of nitro groups is 1. The highest BCUT2D eigenvalue weighted by Crippen LogP contribution is 2.35. The molecule has 2 aromatic rings. The van der Waals surface area contributed by atoms with Gasteiger partial charge in [0.25, 0.3) is 0 Å². The average molecular weight is 284 g/mol. The van der Waals surface area contributed by atoms with Gasteiger partial charge in [0.1, 0.15) is 17.4 Å². The number of carboxylic acids is 1. The molecule has 0 aliphatic heterocycles. The standard InChI is InChI=1S/C14H8N2O5/c15-8-9-4-1-2-6-11(9)21-12-7-3-5-10(14(17)18)13(12)16(19)20/h1-7H,(H,17,18). The Morgan fingerprint density at radius 3 is 2.48 bits per heavy atom. The fourth-order valence-electron chi connectivity index (χ4n) is 1.73. The first-order valence-corrected chi connectivity index (χ1v) is 5.72. The molecule has 0 fully saturated rings. The first-order valence-electron chi connectivity index (χ1n) is 5.72. The van der Waals surface area contributed by atoms with E-state index in [1.807, 2.05) is 6.07 Å². The van der Waals surface area contributed by atoms with Gasteiger partial charge in [-0.15, -0.1) is 0 Å². The Morgan fingerprint density at radius 2 is 1.86 bits per heavy atom. The molecule has 0 aromatic heterocycles. The highest BCUT2D eigenvalue weighted by atomic mass is 16.6. The van der Waals surface area contributed by atoms with Crippen molar-refractivity contribution in [2.75, 3.05) is 0 Å². The van der Waals surface area contributed by atoms with E-state index in [9.17, 15) is 14.9 Å². The van der Waals surface area contributed by atoms with E-state index >= 15 is 0 Å². The summed E-state index contributed by atoms with van der Waals surface area (Å²) in [7, 11) is 0. The predicted molar refractivity (Wildman–Crippen MR) is 71.3 cm³/mol. The third-order valence-corrected chi connectivity index (χ3v) is 2.64. The lowest BCUT2D eigenvalue weighted by Crippen LogP contribution is -2.04. The number of hydrogen-bond donors (Lipinski definition) is 1. The van der Waals surface area contributed by atoms with E-state index in [2.05, 4.69) is 0 Å². The van der Waals surface area contributed by atoms with E-state index in [1.54, 1.807) is 12.1 Å². The molecular weight excluding hydrogens is 276 g/mol. The third-order valence-electron chi connectivity index (χ3n) is 2.64. The monoisotopic (exact) mass is 284 g/mol. The van der Waals surface area contributed by atoms with Crippen LogP contribution < -0.4 is 4.74 Å². The van der Waals surface area contributed by atoms with E-state index < -0.39 is 22.1 Å². The van der Waals surface area contributed by atoms with Gasteiger partial charge in [-0.1, -0.05) is 18.2 Å². The summed E-state index contributed by atoms with van der Waals surface area (Å²) in [5, 5.41) is 29.0. The second-order valence-corrected chi connectivity index (χ2v) is 3.92. The van der Waals surface area contributed by atoms with E-state index in [0.29, 0.717) is 0 Å². The lowest BCUT2D eigenvalue weighted by molar-refractivity contribution is -0.386. The van der Waals surface area contributed by atoms with Crippen molar-refractivity contribution < 1.29 is 19.6 Å². The van der Waals surface area contributed by atoms with Crippen LogP contribution in [0.1, 0.15) is 15.9 Å². The smallest absolute Gasteiger partial charge is 0.342 e. The highest BCUT2D eigenvalue weighted by molar-refractivity contribution is 5.93. The topological polar surface area (TPSA) is 113 Å². The molecule has 7 heteroatoms. The predicted octanol–water partition coefficient (Wildman–Crippen LogP) is 2.96. The average Bonchev–Trinajstić information content (AvgIpc) is 2.47. The van der Waals surface area contributed by atoms with Crippen molar-refractivity contribution >= 4 is 11.7 Å². The number of ether oxygens (including phenoxy) is 1. The molecule has 0 aliphatic rings. The summed E-state index contributed by atoms with van der Waals surface area (Å²) in [6.45, 7) is 0. The van der Waals surface area contributed by atoms with Gasteiger partial charge >= 0.3 is 11.7 Å². The van der Waals surface area contributed by atoms with Gasteiger partial charge in [-0.3, -0.25) is 10.1 Å². The summed E-state index contributed by atoms with van der Waals surface area (Å²) in [5.41, 5.74) is -0.947. The minimum atomic E-state index is -1.43. The van der Waals surface area contributed by atoms with Gasteiger partial charge in [-0.2, -0.15) is 5.26 Å². The van der Waals surface area contributed by atoms with E-state index in [-0.39, 0.29) is 17.1 Å². The van der Waals surface area contributed by atoms with Crippen LogP contribution in [-0.2, 0) is 0 Å². The Balaban J connectivity index is 2.55. The van der Waals surface area contributed by atoms with Crippen LogP contribution in [0.3, 0.4) is 0 Å². The van der Waals surface area contributed by atoms with Crippen LogP contribution in [0.5, 0.6) is 11.5 Å². The fraction of sp³-hybridized carbons (Fsp3) is 0. The summed E-state index contributed by atoms with van der Waals surface area (Å²) in [6.07, 6.45) is 0. The molecular formula is C14H8N2O5. The van der Waals surface area contributed by atoms with Crippen LogP contribution in [0.25, 0.3) is 0 Å². The molecule has 2 aromatic carbocycles. The van der Waals surface area contributed by atoms with Gasteiger partial charge in [0.2, 0.25) is 5.75 Å². The van der Waals surface area contributed by atoms with Crippen molar-refractivity contribution in [1.82, 2.24) is 0 Å². The molecule has 104 valence electrons. The molecule has 0 bridgehead atoms. The zero-order chi connectivity index (χ0) is 15.4. The quantitative estimate of drug-likeness (QED) is 0.682. The van der Waals surface area contributed by atoms with Gasteiger partial charge in [0.15, 0.2) is 0 Å². The molecule has 1 N–H and O–H groups in total. The van der Waals surface area contributed by atoms with Crippen molar-refractivity contribution in [3.63, 3.8) is 0 Å². The van der Waals surface area contributed by atoms with E-state index in [0.717, 1.165) is 6.07 Å². The maximum absolute atomic E-state index is 11.1. The molecule has 0 radical (unpaired) electrons. The van der Waals surface area contributed by atoms with Crippen molar-refractivity contribution in [2.24, 2.45) is 0 Å². The number of nitriles is 1. The van der Waals surface area contributed by atoms with Crippen LogP contribution in [0.4, 0.5) is 5.69 Å².